The van der Waals surface area contributed by atoms with E-state index in [4.69, 9.17) is 4.74 Å². The van der Waals surface area contributed by atoms with E-state index < -0.39 is 11.7 Å². The highest BCUT2D eigenvalue weighted by atomic mass is 16.5. The predicted molar refractivity (Wildman–Crippen MR) is 135 cm³/mol. The molecule has 6 heteroatoms. The number of nitrogens with one attached hydrogen (secondary N) is 1. The minimum atomic E-state index is -1.30. The summed E-state index contributed by atoms with van der Waals surface area (Å²) in [6, 6.07) is 18.7. The van der Waals surface area contributed by atoms with Crippen LogP contribution in [0.3, 0.4) is 0 Å². The summed E-state index contributed by atoms with van der Waals surface area (Å²) >= 11 is 0. The Morgan fingerprint density at radius 3 is 2.69 bits per heavy atom. The van der Waals surface area contributed by atoms with Crippen molar-refractivity contribution >= 4 is 11.6 Å². The van der Waals surface area contributed by atoms with Gasteiger partial charge in [0.1, 0.15) is 11.4 Å². The van der Waals surface area contributed by atoms with Gasteiger partial charge < -0.3 is 20.3 Å². The van der Waals surface area contributed by atoms with Gasteiger partial charge in [-0.3, -0.25) is 9.78 Å². The molecule has 3 N–H and O–H groups in total. The largest absolute Gasteiger partial charge is 0.493 e. The summed E-state index contributed by atoms with van der Waals surface area (Å²) in [6.07, 6.45) is 3.23. The van der Waals surface area contributed by atoms with Crippen molar-refractivity contribution in [2.24, 2.45) is 5.92 Å². The second-order valence-electron chi connectivity index (χ2n) is 9.86. The van der Waals surface area contributed by atoms with E-state index >= 15 is 0 Å². The lowest BCUT2D eigenvalue weighted by Crippen LogP contribution is -2.54. The number of fused-ring (bicyclic) bond motifs is 3. The zero-order valence-corrected chi connectivity index (χ0v) is 20.2. The molecule has 2 heterocycles. The maximum atomic E-state index is 13.0. The number of aryl methyl sites for hydroxylation is 1. The van der Waals surface area contributed by atoms with Crippen molar-refractivity contribution in [2.45, 2.75) is 56.7 Å². The molecule has 0 bridgehead atoms. The fourth-order valence-electron chi connectivity index (χ4n) is 6.07. The van der Waals surface area contributed by atoms with Gasteiger partial charge in [0.05, 0.1) is 24.1 Å². The second-order valence-corrected chi connectivity index (χ2v) is 9.86. The van der Waals surface area contributed by atoms with Crippen LogP contribution >= 0.6 is 0 Å². The number of carbonyl (C=O) groups is 1. The van der Waals surface area contributed by atoms with Gasteiger partial charge >= 0.3 is 0 Å². The second kappa shape index (κ2) is 9.10. The van der Waals surface area contributed by atoms with Crippen molar-refractivity contribution in [3.63, 3.8) is 0 Å². The molecule has 6 nitrogen and oxygen atoms in total. The molecule has 2 aromatic carbocycles. The topological polar surface area (TPSA) is 91.7 Å². The number of rotatable bonds is 4. The Labute approximate surface area is 206 Å². The number of anilines is 1. The number of aromatic nitrogens is 1. The van der Waals surface area contributed by atoms with E-state index in [0.717, 1.165) is 29.7 Å². The summed E-state index contributed by atoms with van der Waals surface area (Å²) in [4.78, 5) is 17.2. The van der Waals surface area contributed by atoms with Crippen LogP contribution in [0.2, 0.25) is 0 Å². The number of ether oxygens (including phenoxy) is 1. The van der Waals surface area contributed by atoms with E-state index in [-0.39, 0.29) is 17.2 Å². The van der Waals surface area contributed by atoms with Crippen LogP contribution in [0.5, 0.6) is 5.75 Å². The van der Waals surface area contributed by atoms with E-state index in [1.165, 1.54) is 0 Å². The van der Waals surface area contributed by atoms with Crippen LogP contribution < -0.4 is 10.1 Å². The summed E-state index contributed by atoms with van der Waals surface area (Å²) in [7, 11) is 0. The number of hydrogen-bond acceptors (Lipinski definition) is 5. The van der Waals surface area contributed by atoms with Crippen molar-refractivity contribution in [2.75, 3.05) is 11.9 Å². The van der Waals surface area contributed by atoms with E-state index in [0.29, 0.717) is 36.4 Å². The van der Waals surface area contributed by atoms with Crippen LogP contribution in [-0.2, 0) is 11.0 Å². The third-order valence-corrected chi connectivity index (χ3v) is 8.11. The van der Waals surface area contributed by atoms with Gasteiger partial charge in [-0.2, -0.15) is 0 Å². The van der Waals surface area contributed by atoms with Gasteiger partial charge in [-0.1, -0.05) is 43.3 Å². The lowest BCUT2D eigenvalue weighted by atomic mass is 9.55. The molecule has 4 atom stereocenters. The normalized spacial score (nSPS) is 27.7. The maximum absolute atomic E-state index is 13.0. The van der Waals surface area contributed by atoms with Gasteiger partial charge in [-0.25, -0.2) is 0 Å². The molecule has 0 spiro atoms. The quantitative estimate of drug-likeness (QED) is 0.511. The minimum Gasteiger partial charge on any atom is -0.493 e. The Balaban J connectivity index is 1.48. The summed E-state index contributed by atoms with van der Waals surface area (Å²) in [5, 5.41) is 25.9. The van der Waals surface area contributed by atoms with Crippen LogP contribution in [-0.4, -0.2) is 33.8 Å². The van der Waals surface area contributed by atoms with Crippen molar-refractivity contribution < 1.29 is 19.7 Å². The summed E-state index contributed by atoms with van der Waals surface area (Å²) in [6.45, 7) is 4.48. The molecule has 35 heavy (non-hydrogen) atoms. The molecule has 1 saturated carbocycles. The number of nitrogens with zero attached hydrogens (tertiary/aromatic N) is 1. The number of carbonyl (C=O) groups excluding carboxylic acids is 1. The predicted octanol–water partition coefficient (Wildman–Crippen LogP) is 4.73. The Morgan fingerprint density at radius 1 is 1.14 bits per heavy atom. The van der Waals surface area contributed by atoms with Gasteiger partial charge in [0, 0.05) is 22.7 Å². The first-order valence-corrected chi connectivity index (χ1v) is 12.3. The van der Waals surface area contributed by atoms with Crippen LogP contribution in [0.15, 0.2) is 66.9 Å². The van der Waals surface area contributed by atoms with E-state index in [1.807, 2.05) is 55.5 Å². The fourth-order valence-corrected chi connectivity index (χ4v) is 6.07. The summed E-state index contributed by atoms with van der Waals surface area (Å²) in [5.41, 5.74) is 2.05. The number of amides is 1. The molecule has 1 amide bonds. The monoisotopic (exact) mass is 472 g/mol. The Morgan fingerprint density at radius 2 is 1.94 bits per heavy atom. The molecular weight excluding hydrogens is 440 g/mol. The van der Waals surface area contributed by atoms with E-state index in [1.54, 1.807) is 18.3 Å². The number of hydrogen-bond donors (Lipinski definition) is 3. The number of pyridine rings is 1. The fraction of sp³-hybridized carbons (Fsp3) is 0.379. The highest BCUT2D eigenvalue weighted by molar-refractivity contribution is 6.04. The number of benzene rings is 2. The highest BCUT2D eigenvalue weighted by Crippen LogP contribution is 2.56. The molecule has 0 unspecified atom stereocenters. The Bertz CT molecular complexity index is 1230. The summed E-state index contributed by atoms with van der Waals surface area (Å²) in [5.74, 6) is 0.586. The van der Waals surface area contributed by atoms with Crippen molar-refractivity contribution in [1.82, 2.24) is 4.98 Å². The Kier molecular flexibility index (Phi) is 6.11. The zero-order valence-electron chi connectivity index (χ0n) is 20.2. The first-order chi connectivity index (χ1) is 16.9. The van der Waals surface area contributed by atoms with Crippen LogP contribution in [0.4, 0.5) is 5.69 Å². The number of aliphatic hydroxyl groups excluding tert-OH is 1. The van der Waals surface area contributed by atoms with Crippen LogP contribution in [0.1, 0.15) is 59.8 Å². The SMILES string of the molecule is CC[C@]12C[C@H](O)[C@@](O)(c3ccccc3)C[C@H]1CCOc1cc(C(=O)Nc3cccnc3C)ccc12. The number of aliphatic hydroxyl groups is 2. The molecule has 0 saturated heterocycles. The molecular formula is C29H32N2O4. The third-order valence-electron chi connectivity index (χ3n) is 8.11. The molecule has 182 valence electrons. The third kappa shape index (κ3) is 4.01. The van der Waals surface area contributed by atoms with Gasteiger partial charge in [0.25, 0.3) is 5.91 Å². The van der Waals surface area contributed by atoms with E-state index in [9.17, 15) is 15.0 Å². The zero-order chi connectivity index (χ0) is 24.6. The van der Waals surface area contributed by atoms with E-state index in [2.05, 4.69) is 17.2 Å². The summed E-state index contributed by atoms with van der Waals surface area (Å²) < 4.78 is 6.19. The maximum Gasteiger partial charge on any atom is 0.255 e. The standard InChI is InChI=1S/C29H32N2O4/c1-3-28-18-26(32)29(34,21-8-5-4-6-9-21)17-22(28)13-15-35-25-16-20(11-12-23(25)28)27(33)31-24-10-7-14-30-19(24)2/h4-12,14,16,22,26,32,34H,3,13,15,17-18H2,1-2H3,(H,31,33)/t22-,26+,28+,29+/m1/s1. The molecule has 1 aromatic heterocycles. The average molecular weight is 473 g/mol. The van der Waals surface area contributed by atoms with Crippen molar-refractivity contribution in [3.05, 3.63) is 89.2 Å². The lowest BCUT2D eigenvalue weighted by Gasteiger charge is -2.52. The molecule has 2 aliphatic rings. The molecule has 0 radical (unpaired) electrons. The lowest BCUT2D eigenvalue weighted by molar-refractivity contribution is -0.144. The average Bonchev–Trinajstić information content (AvgIpc) is 3.02. The molecule has 3 aromatic rings. The van der Waals surface area contributed by atoms with Crippen LogP contribution in [0.25, 0.3) is 0 Å². The molecule has 1 fully saturated rings. The highest BCUT2D eigenvalue weighted by Gasteiger charge is 2.55. The van der Waals surface area contributed by atoms with Crippen molar-refractivity contribution in [3.8, 4) is 5.75 Å². The van der Waals surface area contributed by atoms with Crippen LogP contribution in [0, 0.1) is 12.8 Å². The van der Waals surface area contributed by atoms with Gasteiger partial charge in [0.2, 0.25) is 0 Å². The Hall–Kier alpha value is -3.22. The van der Waals surface area contributed by atoms with Gasteiger partial charge in [-0.15, -0.1) is 0 Å². The molecule has 1 aliphatic heterocycles. The molecule has 1 aliphatic carbocycles. The first kappa shape index (κ1) is 23.5. The van der Waals surface area contributed by atoms with Gasteiger partial charge in [-0.05, 0) is 68.4 Å². The smallest absolute Gasteiger partial charge is 0.255 e. The molecule has 5 rings (SSSR count). The van der Waals surface area contributed by atoms with Crippen molar-refractivity contribution in [1.29, 1.82) is 0 Å². The minimum absolute atomic E-state index is 0.125. The van der Waals surface area contributed by atoms with Gasteiger partial charge in [0.15, 0.2) is 0 Å². The first-order valence-electron chi connectivity index (χ1n) is 12.3.